The Bertz CT molecular complexity index is 922. The zero-order valence-electron chi connectivity index (χ0n) is 11.5. The maximum Gasteiger partial charge on any atom is 0.265 e. The smallest absolute Gasteiger partial charge is 0.265 e. The van der Waals surface area contributed by atoms with Gasteiger partial charge in [0.1, 0.15) is 0 Å². The van der Waals surface area contributed by atoms with E-state index in [-0.39, 0.29) is 0 Å². The van der Waals surface area contributed by atoms with Crippen LogP contribution in [0.25, 0.3) is 10.8 Å². The monoisotopic (exact) mass is 401 g/mol. The average Bonchev–Trinajstić information content (AvgIpc) is 2.80. The molecule has 0 aliphatic carbocycles. The highest BCUT2D eigenvalue weighted by Crippen LogP contribution is 2.43. The molecule has 0 fully saturated rings. The van der Waals surface area contributed by atoms with Crippen LogP contribution in [0.4, 0.5) is 5.69 Å². The van der Waals surface area contributed by atoms with Gasteiger partial charge in [-0.15, -0.1) is 0 Å². The first-order valence-corrected chi connectivity index (χ1v) is 8.00. The first-order chi connectivity index (χ1) is 10.6. The van der Waals surface area contributed by atoms with Crippen LogP contribution < -0.4 is 5.32 Å². The van der Waals surface area contributed by atoms with E-state index in [9.17, 15) is 9.90 Å². The molecule has 4 rings (SSSR count). The molecule has 1 aliphatic heterocycles. The third kappa shape index (κ3) is 1.80. The number of carbonyl (C=O) groups is 1. The van der Waals surface area contributed by atoms with Crippen molar-refractivity contribution in [3.8, 4) is 0 Å². The number of nitrogens with one attached hydrogen (secondary N) is 1. The van der Waals surface area contributed by atoms with Crippen LogP contribution >= 0.6 is 22.6 Å². The normalized spacial score (nSPS) is 20.0. The number of hydrogen-bond acceptors (Lipinski definition) is 2. The fourth-order valence-corrected chi connectivity index (χ4v) is 3.90. The predicted octanol–water partition coefficient (Wildman–Crippen LogP) is 3.63. The highest BCUT2D eigenvalue weighted by Gasteiger charge is 2.48. The molecular weight excluding hydrogens is 389 g/mol. The minimum atomic E-state index is -1.64. The van der Waals surface area contributed by atoms with E-state index in [2.05, 4.69) is 27.9 Å². The second-order valence-electron chi connectivity index (χ2n) is 5.39. The Kier molecular flexibility index (Phi) is 2.99. The van der Waals surface area contributed by atoms with Crippen molar-refractivity contribution in [3.63, 3.8) is 0 Å². The lowest BCUT2D eigenvalue weighted by Crippen LogP contribution is -2.35. The molecule has 108 valence electrons. The lowest BCUT2D eigenvalue weighted by atomic mass is 9.86. The van der Waals surface area contributed by atoms with Crippen LogP contribution in [-0.2, 0) is 10.4 Å². The van der Waals surface area contributed by atoms with Crippen LogP contribution in [0.2, 0.25) is 0 Å². The van der Waals surface area contributed by atoms with Crippen LogP contribution in [0.15, 0.2) is 60.7 Å². The van der Waals surface area contributed by atoms with E-state index in [4.69, 9.17) is 0 Å². The van der Waals surface area contributed by atoms with Gasteiger partial charge in [0.05, 0.1) is 0 Å². The Morgan fingerprint density at radius 2 is 1.73 bits per heavy atom. The largest absolute Gasteiger partial charge is 0.372 e. The highest BCUT2D eigenvalue weighted by atomic mass is 127. The van der Waals surface area contributed by atoms with Crippen LogP contribution in [0, 0.1) is 3.57 Å². The number of fused-ring (bicyclic) bond motifs is 2. The zero-order valence-corrected chi connectivity index (χ0v) is 13.7. The molecule has 0 radical (unpaired) electrons. The molecule has 2 N–H and O–H groups in total. The summed E-state index contributed by atoms with van der Waals surface area (Å²) in [6.45, 7) is 0. The number of halogens is 1. The summed E-state index contributed by atoms with van der Waals surface area (Å²) in [5.74, 6) is -0.401. The Hall–Kier alpha value is -1.92. The maximum atomic E-state index is 12.5. The molecule has 1 atom stereocenters. The number of aliphatic hydroxyl groups is 1. The summed E-state index contributed by atoms with van der Waals surface area (Å²) < 4.78 is 0.865. The molecule has 1 aliphatic rings. The first-order valence-electron chi connectivity index (χ1n) is 6.93. The summed E-state index contributed by atoms with van der Waals surface area (Å²) in [6.07, 6.45) is 0. The molecule has 1 unspecified atom stereocenters. The molecule has 0 aromatic heterocycles. The minimum absolute atomic E-state index is 0.401. The molecule has 0 saturated heterocycles. The summed E-state index contributed by atoms with van der Waals surface area (Å²) in [4.78, 5) is 12.5. The van der Waals surface area contributed by atoms with Crippen molar-refractivity contribution in [3.05, 3.63) is 75.4 Å². The molecule has 0 bridgehead atoms. The van der Waals surface area contributed by atoms with Gasteiger partial charge in [0, 0.05) is 14.8 Å². The topological polar surface area (TPSA) is 49.3 Å². The van der Waals surface area contributed by atoms with Crippen molar-refractivity contribution in [1.82, 2.24) is 0 Å². The molecule has 3 aromatic carbocycles. The Labute approximate surface area is 141 Å². The third-order valence-electron chi connectivity index (χ3n) is 4.12. The molecule has 1 amide bonds. The van der Waals surface area contributed by atoms with Gasteiger partial charge in [0.15, 0.2) is 5.60 Å². The van der Waals surface area contributed by atoms with Gasteiger partial charge in [-0.1, -0.05) is 42.5 Å². The summed E-state index contributed by atoms with van der Waals surface area (Å²) in [6, 6.07) is 19.1. The van der Waals surface area contributed by atoms with E-state index in [0.717, 1.165) is 14.3 Å². The van der Waals surface area contributed by atoms with Crippen molar-refractivity contribution in [2.24, 2.45) is 0 Å². The zero-order chi connectivity index (χ0) is 15.3. The van der Waals surface area contributed by atoms with Crippen molar-refractivity contribution in [1.29, 1.82) is 0 Å². The number of benzene rings is 3. The SMILES string of the molecule is O=C1Nc2cccc(I)c2C1(O)c1ccc2ccccc2c1. The average molecular weight is 401 g/mol. The molecule has 22 heavy (non-hydrogen) atoms. The van der Waals surface area contributed by atoms with Crippen LogP contribution in [-0.4, -0.2) is 11.0 Å². The number of rotatable bonds is 1. The van der Waals surface area contributed by atoms with Gasteiger partial charge in [-0.05, 0) is 57.1 Å². The van der Waals surface area contributed by atoms with Crippen molar-refractivity contribution in [2.75, 3.05) is 5.32 Å². The standard InChI is InChI=1S/C18H12INO2/c19-14-6-3-7-15-16(14)18(22,17(21)20-15)13-9-8-11-4-1-2-5-12(11)10-13/h1-10,22H,(H,20,21). The van der Waals surface area contributed by atoms with Gasteiger partial charge in [-0.3, -0.25) is 4.79 Å². The maximum absolute atomic E-state index is 12.5. The first kappa shape index (κ1) is 13.7. The highest BCUT2D eigenvalue weighted by molar-refractivity contribution is 14.1. The number of hydrogen-bond donors (Lipinski definition) is 2. The summed E-state index contributed by atoms with van der Waals surface area (Å²) >= 11 is 2.15. The van der Waals surface area contributed by atoms with Gasteiger partial charge >= 0.3 is 0 Å². The fourth-order valence-electron chi connectivity index (χ4n) is 3.01. The molecule has 1 heterocycles. The molecule has 0 saturated carbocycles. The summed E-state index contributed by atoms with van der Waals surface area (Å²) in [5.41, 5.74) is 0.256. The lowest BCUT2D eigenvalue weighted by molar-refractivity contribution is -0.129. The van der Waals surface area contributed by atoms with Crippen LogP contribution in [0.1, 0.15) is 11.1 Å². The van der Waals surface area contributed by atoms with Crippen molar-refractivity contribution in [2.45, 2.75) is 5.60 Å². The Balaban J connectivity index is 1.99. The van der Waals surface area contributed by atoms with Crippen LogP contribution in [0.5, 0.6) is 0 Å². The molecular formula is C18H12INO2. The van der Waals surface area contributed by atoms with Gasteiger partial charge in [0.25, 0.3) is 5.91 Å². The number of amides is 1. The minimum Gasteiger partial charge on any atom is -0.372 e. The van der Waals surface area contributed by atoms with Gasteiger partial charge in [-0.25, -0.2) is 0 Å². The summed E-state index contributed by atoms with van der Waals surface area (Å²) in [7, 11) is 0. The second-order valence-corrected chi connectivity index (χ2v) is 6.55. The van der Waals surface area contributed by atoms with Gasteiger partial charge < -0.3 is 10.4 Å². The molecule has 3 aromatic rings. The Morgan fingerprint density at radius 1 is 0.955 bits per heavy atom. The van der Waals surface area contributed by atoms with Crippen LogP contribution in [0.3, 0.4) is 0 Å². The van der Waals surface area contributed by atoms with Crippen molar-refractivity contribution < 1.29 is 9.90 Å². The van der Waals surface area contributed by atoms with Gasteiger partial charge in [-0.2, -0.15) is 0 Å². The second kappa shape index (κ2) is 4.79. The number of carbonyl (C=O) groups excluding carboxylic acids is 1. The predicted molar refractivity (Wildman–Crippen MR) is 94.7 cm³/mol. The summed E-state index contributed by atoms with van der Waals surface area (Å²) in [5, 5.41) is 16.1. The lowest BCUT2D eigenvalue weighted by Gasteiger charge is -2.23. The van der Waals surface area contributed by atoms with Crippen molar-refractivity contribution >= 4 is 45.0 Å². The van der Waals surface area contributed by atoms with E-state index in [1.807, 2.05) is 60.7 Å². The van der Waals surface area contributed by atoms with E-state index >= 15 is 0 Å². The molecule has 3 nitrogen and oxygen atoms in total. The van der Waals surface area contributed by atoms with E-state index in [0.29, 0.717) is 16.8 Å². The van der Waals surface area contributed by atoms with E-state index < -0.39 is 11.5 Å². The molecule has 0 spiro atoms. The third-order valence-corrected chi connectivity index (χ3v) is 5.02. The quantitative estimate of drug-likeness (QED) is 0.612. The van der Waals surface area contributed by atoms with E-state index in [1.54, 1.807) is 0 Å². The number of anilines is 1. The molecule has 4 heteroatoms. The van der Waals surface area contributed by atoms with E-state index in [1.165, 1.54) is 0 Å². The van der Waals surface area contributed by atoms with Gasteiger partial charge in [0.2, 0.25) is 0 Å². The Morgan fingerprint density at radius 3 is 2.55 bits per heavy atom. The fraction of sp³-hybridized carbons (Fsp3) is 0.0556.